The molecule has 0 amide bonds. The van der Waals surface area contributed by atoms with E-state index in [0.29, 0.717) is 5.75 Å². The minimum atomic E-state index is -1.31. The smallest absolute Gasteiger partial charge is 0.419 e. The first-order valence-corrected chi connectivity index (χ1v) is 4.54. The van der Waals surface area contributed by atoms with Crippen LogP contribution in [-0.2, 0) is 25.0 Å². The Morgan fingerprint density at radius 2 is 1.87 bits per heavy atom. The van der Waals surface area contributed by atoms with Gasteiger partial charge in [0.1, 0.15) is 5.75 Å². The molecule has 0 aromatic heterocycles. The van der Waals surface area contributed by atoms with E-state index in [2.05, 4.69) is 0 Å². The van der Waals surface area contributed by atoms with Gasteiger partial charge in [-0.2, -0.15) is 4.89 Å². The van der Waals surface area contributed by atoms with E-state index in [-0.39, 0.29) is 0 Å². The summed E-state index contributed by atoms with van der Waals surface area (Å²) in [6.45, 7) is 0. The molecule has 3 rings (SSSR count). The summed E-state index contributed by atoms with van der Waals surface area (Å²) in [5, 5.41) is 0. The zero-order valence-electron chi connectivity index (χ0n) is 8.35. The quantitative estimate of drug-likeness (QED) is 0.685. The van der Waals surface area contributed by atoms with Crippen molar-refractivity contribution < 1.29 is 24.0 Å². The highest BCUT2D eigenvalue weighted by Crippen LogP contribution is 2.57. The van der Waals surface area contributed by atoms with Gasteiger partial charge in [0, 0.05) is 14.2 Å². The van der Waals surface area contributed by atoms with E-state index in [1.807, 2.05) is 24.3 Å². The first-order chi connectivity index (χ1) is 7.28. The van der Waals surface area contributed by atoms with E-state index in [1.165, 1.54) is 14.2 Å². The van der Waals surface area contributed by atoms with Crippen LogP contribution >= 0.6 is 0 Å². The van der Waals surface area contributed by atoms with Crippen LogP contribution in [0.2, 0.25) is 0 Å². The zero-order chi connectivity index (χ0) is 10.5. The van der Waals surface area contributed by atoms with Crippen LogP contribution < -0.4 is 4.74 Å². The second-order valence-corrected chi connectivity index (χ2v) is 3.35. The highest BCUT2D eigenvalue weighted by molar-refractivity contribution is 5.43. The lowest BCUT2D eigenvalue weighted by molar-refractivity contribution is -0.698. The Kier molecular flexibility index (Phi) is 1.64. The van der Waals surface area contributed by atoms with Crippen LogP contribution in [0.4, 0.5) is 0 Å². The summed E-state index contributed by atoms with van der Waals surface area (Å²) < 4.78 is 16.0. The van der Waals surface area contributed by atoms with Gasteiger partial charge < -0.3 is 14.2 Å². The van der Waals surface area contributed by atoms with Gasteiger partial charge in [-0.3, -0.25) is 0 Å². The molecule has 0 spiro atoms. The molecule has 1 aromatic rings. The maximum Gasteiger partial charge on any atom is 0.419 e. The van der Waals surface area contributed by atoms with Gasteiger partial charge in [0.05, 0.1) is 5.56 Å². The monoisotopic (exact) mass is 210 g/mol. The van der Waals surface area contributed by atoms with Gasteiger partial charge in [-0.05, 0) is 12.1 Å². The molecule has 0 aliphatic carbocycles. The Balaban J connectivity index is 2.17. The fraction of sp³-hybridized carbons (Fsp3) is 0.400. The second kappa shape index (κ2) is 2.70. The van der Waals surface area contributed by atoms with Gasteiger partial charge >= 0.3 is 11.8 Å². The molecular formula is C10H10O5. The van der Waals surface area contributed by atoms with Crippen LogP contribution in [0.15, 0.2) is 24.3 Å². The average Bonchev–Trinajstić information content (AvgIpc) is 2.45. The van der Waals surface area contributed by atoms with Gasteiger partial charge in [0.2, 0.25) is 0 Å². The van der Waals surface area contributed by atoms with Gasteiger partial charge in [0.15, 0.2) is 0 Å². The topological polar surface area (TPSA) is 46.2 Å². The molecular weight excluding hydrogens is 200 g/mol. The van der Waals surface area contributed by atoms with Crippen LogP contribution in [0.25, 0.3) is 0 Å². The normalized spacial score (nSPS) is 36.4. The van der Waals surface area contributed by atoms with E-state index < -0.39 is 11.8 Å². The lowest BCUT2D eigenvalue weighted by atomic mass is 10.0. The predicted molar refractivity (Wildman–Crippen MR) is 47.7 cm³/mol. The number of hydrogen-bond acceptors (Lipinski definition) is 5. The summed E-state index contributed by atoms with van der Waals surface area (Å²) in [7, 11) is 2.99. The molecule has 0 saturated carbocycles. The number of para-hydroxylation sites is 1. The molecule has 2 aliphatic rings. The van der Waals surface area contributed by atoms with Crippen molar-refractivity contribution >= 4 is 0 Å². The van der Waals surface area contributed by atoms with E-state index in [4.69, 9.17) is 24.0 Å². The molecule has 0 bridgehead atoms. The lowest BCUT2D eigenvalue weighted by Gasteiger charge is -2.46. The summed E-state index contributed by atoms with van der Waals surface area (Å²) in [4.78, 5) is 9.94. The predicted octanol–water partition coefficient (Wildman–Crippen LogP) is 1.14. The number of ether oxygens (including phenoxy) is 3. The first-order valence-electron chi connectivity index (χ1n) is 4.54. The van der Waals surface area contributed by atoms with E-state index in [0.717, 1.165) is 5.56 Å². The Labute approximate surface area is 86.4 Å². The van der Waals surface area contributed by atoms with Crippen LogP contribution in [0.5, 0.6) is 5.75 Å². The summed E-state index contributed by atoms with van der Waals surface area (Å²) >= 11 is 0. The van der Waals surface area contributed by atoms with Crippen molar-refractivity contribution in [3.63, 3.8) is 0 Å². The van der Waals surface area contributed by atoms with Crippen molar-refractivity contribution in [2.24, 2.45) is 0 Å². The van der Waals surface area contributed by atoms with E-state index in [9.17, 15) is 0 Å². The van der Waals surface area contributed by atoms with Crippen LogP contribution in [0.3, 0.4) is 0 Å². The lowest BCUT2D eigenvalue weighted by Crippen LogP contribution is -2.66. The van der Waals surface area contributed by atoms with Crippen molar-refractivity contribution in [1.29, 1.82) is 0 Å². The van der Waals surface area contributed by atoms with Gasteiger partial charge in [0.25, 0.3) is 0 Å². The molecule has 2 atom stereocenters. The first kappa shape index (κ1) is 9.11. The summed E-state index contributed by atoms with van der Waals surface area (Å²) in [6.07, 6.45) is 0. The van der Waals surface area contributed by atoms with Gasteiger partial charge in [-0.1, -0.05) is 12.1 Å². The third-order valence-electron chi connectivity index (χ3n) is 2.71. The number of benzene rings is 1. The third kappa shape index (κ3) is 0.826. The molecule has 1 aromatic carbocycles. The molecule has 2 heterocycles. The SMILES string of the molecule is COC12OOC1(OC)c1ccccc1O2. The third-order valence-corrected chi connectivity index (χ3v) is 2.71. The molecule has 1 saturated heterocycles. The van der Waals surface area contributed by atoms with Crippen molar-refractivity contribution in [2.75, 3.05) is 14.2 Å². The van der Waals surface area contributed by atoms with Gasteiger partial charge in [-0.15, -0.1) is 4.89 Å². The maximum atomic E-state index is 5.54. The molecule has 15 heavy (non-hydrogen) atoms. The Bertz CT molecular complexity index is 399. The molecule has 5 heteroatoms. The highest BCUT2D eigenvalue weighted by atomic mass is 17.3. The molecule has 2 unspecified atom stereocenters. The van der Waals surface area contributed by atoms with Crippen molar-refractivity contribution in [3.05, 3.63) is 29.8 Å². The number of fused-ring (bicyclic) bond motifs is 3. The summed E-state index contributed by atoms with van der Waals surface area (Å²) in [6, 6.07) is 7.39. The number of rotatable bonds is 2. The molecule has 0 N–H and O–H groups in total. The Morgan fingerprint density at radius 1 is 1.07 bits per heavy atom. The fourth-order valence-electron chi connectivity index (χ4n) is 1.93. The van der Waals surface area contributed by atoms with Crippen molar-refractivity contribution in [3.8, 4) is 5.75 Å². The summed E-state index contributed by atoms with van der Waals surface area (Å²) in [5.41, 5.74) is 0.764. The second-order valence-electron chi connectivity index (χ2n) is 3.35. The van der Waals surface area contributed by atoms with E-state index >= 15 is 0 Å². The molecule has 2 aliphatic heterocycles. The molecule has 80 valence electrons. The average molecular weight is 210 g/mol. The van der Waals surface area contributed by atoms with Crippen molar-refractivity contribution in [2.45, 2.75) is 11.8 Å². The number of hydrogen-bond donors (Lipinski definition) is 0. The zero-order valence-corrected chi connectivity index (χ0v) is 8.35. The minimum Gasteiger partial charge on any atom is -0.433 e. The maximum absolute atomic E-state index is 5.54. The van der Waals surface area contributed by atoms with Crippen LogP contribution in [0, 0.1) is 0 Å². The summed E-state index contributed by atoms with van der Waals surface area (Å²) in [5.74, 6) is -1.79. The molecule has 1 fully saturated rings. The van der Waals surface area contributed by atoms with Gasteiger partial charge in [-0.25, -0.2) is 0 Å². The molecule has 0 radical (unpaired) electrons. The van der Waals surface area contributed by atoms with Crippen LogP contribution in [0.1, 0.15) is 5.56 Å². The Hall–Kier alpha value is -1.14. The van der Waals surface area contributed by atoms with Crippen molar-refractivity contribution in [1.82, 2.24) is 0 Å². The standard InChI is InChI=1S/C10H10O5/c1-11-9-7-5-3-4-6-8(7)13-10(9,12-2)15-14-9/h3-6H,1-2H3. The molecule has 5 nitrogen and oxygen atoms in total. The minimum absolute atomic E-state index is 0.638. The Morgan fingerprint density at radius 3 is 2.47 bits per heavy atom. The fourth-order valence-corrected chi connectivity index (χ4v) is 1.93. The largest absolute Gasteiger partial charge is 0.433 e. The van der Waals surface area contributed by atoms with E-state index in [1.54, 1.807) is 0 Å². The highest BCUT2D eigenvalue weighted by Gasteiger charge is 2.76. The number of methoxy groups -OCH3 is 2. The van der Waals surface area contributed by atoms with Crippen LogP contribution in [-0.4, -0.2) is 20.2 Å².